The van der Waals surface area contributed by atoms with Crippen molar-refractivity contribution in [3.05, 3.63) is 0 Å². The molecule has 0 radical (unpaired) electrons. The van der Waals surface area contributed by atoms with Crippen LogP contribution in [0.1, 0.15) is 46.5 Å². The predicted molar refractivity (Wildman–Crippen MR) is 67.6 cm³/mol. The second kappa shape index (κ2) is 6.64. The van der Waals surface area contributed by atoms with E-state index < -0.39 is 10.8 Å². The Morgan fingerprint density at radius 3 is 2.73 bits per heavy atom. The number of hydrogen-bond donors (Lipinski definition) is 1. The Morgan fingerprint density at radius 1 is 1.40 bits per heavy atom. The predicted octanol–water partition coefficient (Wildman–Crippen LogP) is 2.31. The van der Waals surface area contributed by atoms with E-state index >= 15 is 0 Å². The molecule has 0 heterocycles. The van der Waals surface area contributed by atoms with Crippen molar-refractivity contribution in [3.8, 4) is 0 Å². The number of nitrogens with one attached hydrogen (secondary N) is 1. The third-order valence-corrected chi connectivity index (χ3v) is 5.16. The van der Waals surface area contributed by atoms with Gasteiger partial charge in [0.15, 0.2) is 0 Å². The van der Waals surface area contributed by atoms with Gasteiger partial charge < -0.3 is 5.32 Å². The third-order valence-electron chi connectivity index (χ3n) is 2.99. The van der Waals surface area contributed by atoms with E-state index in [1.165, 1.54) is 19.3 Å². The van der Waals surface area contributed by atoms with Gasteiger partial charge in [-0.05, 0) is 31.7 Å². The maximum atomic E-state index is 12.0. The van der Waals surface area contributed by atoms with Crippen LogP contribution < -0.4 is 5.32 Å². The summed E-state index contributed by atoms with van der Waals surface area (Å²) in [5.74, 6) is 1.44. The van der Waals surface area contributed by atoms with Gasteiger partial charge in [0.2, 0.25) is 0 Å². The van der Waals surface area contributed by atoms with Crippen LogP contribution in [0.3, 0.4) is 0 Å². The molecular formula is C12H25NOS. The molecule has 1 rings (SSSR count). The molecule has 0 amide bonds. The van der Waals surface area contributed by atoms with E-state index in [4.69, 9.17) is 0 Å². The average molecular weight is 231 g/mol. The van der Waals surface area contributed by atoms with Gasteiger partial charge in [-0.1, -0.05) is 27.2 Å². The van der Waals surface area contributed by atoms with Crippen molar-refractivity contribution in [3.63, 3.8) is 0 Å². The molecule has 2 nitrogen and oxygen atoms in total. The first-order valence-corrected chi connectivity index (χ1v) is 7.62. The summed E-state index contributed by atoms with van der Waals surface area (Å²) >= 11 is 0. The van der Waals surface area contributed by atoms with Crippen LogP contribution in [0.2, 0.25) is 0 Å². The van der Waals surface area contributed by atoms with Gasteiger partial charge in [0.1, 0.15) is 0 Å². The number of hydrogen-bond acceptors (Lipinski definition) is 2. The Kier molecular flexibility index (Phi) is 5.83. The minimum atomic E-state index is -0.601. The molecular weight excluding hydrogens is 206 g/mol. The van der Waals surface area contributed by atoms with Gasteiger partial charge in [0.25, 0.3) is 0 Å². The van der Waals surface area contributed by atoms with E-state index in [0.29, 0.717) is 17.2 Å². The molecule has 1 N–H and O–H groups in total. The van der Waals surface area contributed by atoms with Gasteiger partial charge >= 0.3 is 0 Å². The summed E-state index contributed by atoms with van der Waals surface area (Å²) in [6, 6.07) is 0.616. The molecule has 1 saturated carbocycles. The smallest absolute Gasteiger partial charge is 0.0362 e. The van der Waals surface area contributed by atoms with Gasteiger partial charge in [0.05, 0.1) is 0 Å². The monoisotopic (exact) mass is 231 g/mol. The molecule has 0 spiro atoms. The van der Waals surface area contributed by atoms with Gasteiger partial charge in [-0.25, -0.2) is 0 Å². The highest BCUT2D eigenvalue weighted by Crippen LogP contribution is 2.23. The van der Waals surface area contributed by atoms with E-state index in [-0.39, 0.29) is 0 Å². The highest BCUT2D eigenvalue weighted by atomic mass is 32.2. The quantitative estimate of drug-likeness (QED) is 0.787. The van der Waals surface area contributed by atoms with Crippen LogP contribution in [-0.4, -0.2) is 27.8 Å². The third kappa shape index (κ3) is 4.64. The Balaban J connectivity index is 2.38. The molecule has 0 saturated heterocycles. The zero-order chi connectivity index (χ0) is 11.3. The van der Waals surface area contributed by atoms with E-state index in [2.05, 4.69) is 26.1 Å². The van der Waals surface area contributed by atoms with Crippen molar-refractivity contribution in [1.82, 2.24) is 5.32 Å². The van der Waals surface area contributed by atoms with Crippen LogP contribution in [0.25, 0.3) is 0 Å². The molecule has 15 heavy (non-hydrogen) atoms. The highest BCUT2D eigenvalue weighted by Gasteiger charge is 2.25. The van der Waals surface area contributed by atoms with Crippen LogP contribution in [0, 0.1) is 5.92 Å². The SMILES string of the molecule is CCNC1CCCC(S(=O)CC(C)C)C1. The fourth-order valence-electron chi connectivity index (χ4n) is 2.32. The van der Waals surface area contributed by atoms with Crippen molar-refractivity contribution in [2.45, 2.75) is 57.7 Å². The van der Waals surface area contributed by atoms with Crippen LogP contribution in [0.4, 0.5) is 0 Å². The molecule has 3 atom stereocenters. The largest absolute Gasteiger partial charge is 0.314 e. The van der Waals surface area contributed by atoms with Crippen molar-refractivity contribution < 1.29 is 4.21 Å². The summed E-state index contributed by atoms with van der Waals surface area (Å²) in [4.78, 5) is 0. The first-order valence-electron chi connectivity index (χ1n) is 6.24. The van der Waals surface area contributed by atoms with Crippen molar-refractivity contribution >= 4 is 10.8 Å². The Bertz CT molecular complexity index is 204. The Labute approximate surface area is 96.7 Å². The van der Waals surface area contributed by atoms with E-state index in [9.17, 15) is 4.21 Å². The molecule has 0 aromatic heterocycles. The van der Waals surface area contributed by atoms with Crippen molar-refractivity contribution in [1.29, 1.82) is 0 Å². The molecule has 0 bridgehead atoms. The zero-order valence-corrected chi connectivity index (χ0v) is 11.1. The molecule has 0 aromatic carbocycles. The summed E-state index contributed by atoms with van der Waals surface area (Å²) in [6.45, 7) is 7.49. The van der Waals surface area contributed by atoms with E-state index in [0.717, 1.165) is 18.7 Å². The minimum absolute atomic E-state index is 0.449. The second-order valence-electron chi connectivity index (χ2n) is 4.98. The Hall–Kier alpha value is 0.110. The maximum absolute atomic E-state index is 12.0. The van der Waals surface area contributed by atoms with Crippen LogP contribution >= 0.6 is 0 Å². The lowest BCUT2D eigenvalue weighted by Crippen LogP contribution is -2.38. The van der Waals surface area contributed by atoms with Gasteiger partial charge in [-0.2, -0.15) is 0 Å². The topological polar surface area (TPSA) is 29.1 Å². The molecule has 1 fully saturated rings. The second-order valence-corrected chi connectivity index (χ2v) is 6.75. The van der Waals surface area contributed by atoms with Gasteiger partial charge in [0, 0.05) is 27.8 Å². The molecule has 0 aromatic rings. The fourth-order valence-corrected chi connectivity index (χ4v) is 4.13. The van der Waals surface area contributed by atoms with Crippen molar-refractivity contribution in [2.24, 2.45) is 5.92 Å². The van der Waals surface area contributed by atoms with Gasteiger partial charge in [-0.15, -0.1) is 0 Å². The standard InChI is InChI=1S/C12H25NOS/c1-4-13-11-6-5-7-12(8-11)15(14)9-10(2)3/h10-13H,4-9H2,1-3H3. The minimum Gasteiger partial charge on any atom is -0.314 e. The zero-order valence-electron chi connectivity index (χ0n) is 10.3. The normalized spacial score (nSPS) is 29.3. The summed E-state index contributed by atoms with van der Waals surface area (Å²) in [5.41, 5.74) is 0. The van der Waals surface area contributed by atoms with Gasteiger partial charge in [-0.3, -0.25) is 4.21 Å². The lowest BCUT2D eigenvalue weighted by molar-refractivity contribution is 0.383. The van der Waals surface area contributed by atoms with Crippen LogP contribution in [-0.2, 0) is 10.8 Å². The molecule has 3 heteroatoms. The first-order chi connectivity index (χ1) is 7.13. The lowest BCUT2D eigenvalue weighted by atomic mass is 9.95. The lowest BCUT2D eigenvalue weighted by Gasteiger charge is -2.29. The summed E-state index contributed by atoms with van der Waals surface area (Å²) < 4.78 is 12.0. The molecule has 1 aliphatic carbocycles. The van der Waals surface area contributed by atoms with E-state index in [1.807, 2.05) is 0 Å². The summed E-state index contributed by atoms with van der Waals surface area (Å²) in [7, 11) is -0.601. The fraction of sp³-hybridized carbons (Fsp3) is 1.00. The van der Waals surface area contributed by atoms with Crippen molar-refractivity contribution in [2.75, 3.05) is 12.3 Å². The Morgan fingerprint density at radius 2 is 2.13 bits per heavy atom. The van der Waals surface area contributed by atoms with Crippen LogP contribution in [0.15, 0.2) is 0 Å². The number of rotatable bonds is 5. The molecule has 90 valence electrons. The van der Waals surface area contributed by atoms with E-state index in [1.54, 1.807) is 0 Å². The average Bonchev–Trinajstić information content (AvgIpc) is 2.17. The van der Waals surface area contributed by atoms with Crippen LogP contribution in [0.5, 0.6) is 0 Å². The highest BCUT2D eigenvalue weighted by molar-refractivity contribution is 7.85. The summed E-state index contributed by atoms with van der Waals surface area (Å²) in [6.07, 6.45) is 4.80. The maximum Gasteiger partial charge on any atom is 0.0362 e. The molecule has 0 aliphatic heterocycles. The summed E-state index contributed by atoms with van der Waals surface area (Å²) in [5, 5.41) is 3.94. The molecule has 1 aliphatic rings. The first kappa shape index (κ1) is 13.2. The molecule has 3 unspecified atom stereocenters.